The van der Waals surface area contributed by atoms with Gasteiger partial charge in [-0.05, 0) is 18.9 Å². The SMILES string of the molecule is N#Cc1cc(OCC2CCCO2)ccn1. The predicted octanol–water partition coefficient (Wildman–Crippen LogP) is 1.51. The van der Waals surface area contributed by atoms with Crippen LogP contribution in [-0.4, -0.2) is 24.3 Å². The molecule has 1 unspecified atom stereocenters. The number of nitriles is 1. The summed E-state index contributed by atoms with van der Waals surface area (Å²) in [5.74, 6) is 0.678. The van der Waals surface area contributed by atoms with E-state index in [0.29, 0.717) is 18.1 Å². The lowest BCUT2D eigenvalue weighted by Gasteiger charge is -2.10. The number of ether oxygens (including phenoxy) is 2. The van der Waals surface area contributed by atoms with Crippen molar-refractivity contribution >= 4 is 0 Å². The molecule has 1 aromatic heterocycles. The Morgan fingerprint density at radius 3 is 3.33 bits per heavy atom. The molecule has 0 aliphatic carbocycles. The van der Waals surface area contributed by atoms with Crippen LogP contribution in [0.2, 0.25) is 0 Å². The molecule has 0 aromatic carbocycles. The molecule has 2 rings (SSSR count). The van der Waals surface area contributed by atoms with Gasteiger partial charge in [-0.1, -0.05) is 0 Å². The molecule has 0 spiro atoms. The third-order valence-electron chi connectivity index (χ3n) is 2.31. The fraction of sp³-hybridized carbons (Fsp3) is 0.455. The largest absolute Gasteiger partial charge is 0.491 e. The highest BCUT2D eigenvalue weighted by Gasteiger charge is 2.15. The molecule has 0 saturated carbocycles. The molecule has 15 heavy (non-hydrogen) atoms. The zero-order valence-electron chi connectivity index (χ0n) is 8.35. The third-order valence-corrected chi connectivity index (χ3v) is 2.31. The maximum atomic E-state index is 8.65. The fourth-order valence-electron chi connectivity index (χ4n) is 1.53. The normalized spacial score (nSPS) is 19.8. The van der Waals surface area contributed by atoms with Crippen LogP contribution in [0.1, 0.15) is 18.5 Å². The molecular formula is C11H12N2O2. The molecule has 2 heterocycles. The predicted molar refractivity (Wildman–Crippen MR) is 53.4 cm³/mol. The lowest BCUT2D eigenvalue weighted by Crippen LogP contribution is -2.16. The molecule has 78 valence electrons. The van der Waals surface area contributed by atoms with Crippen molar-refractivity contribution in [3.63, 3.8) is 0 Å². The molecule has 1 aliphatic rings. The van der Waals surface area contributed by atoms with Gasteiger partial charge in [-0.2, -0.15) is 5.26 Å². The Morgan fingerprint density at radius 1 is 1.67 bits per heavy atom. The van der Waals surface area contributed by atoms with Crippen molar-refractivity contribution in [3.8, 4) is 11.8 Å². The first-order valence-corrected chi connectivity index (χ1v) is 4.99. The molecule has 0 bridgehead atoms. The van der Waals surface area contributed by atoms with E-state index in [1.54, 1.807) is 18.3 Å². The minimum Gasteiger partial charge on any atom is -0.491 e. The van der Waals surface area contributed by atoms with Gasteiger partial charge in [-0.15, -0.1) is 0 Å². The second kappa shape index (κ2) is 4.76. The summed E-state index contributed by atoms with van der Waals surface area (Å²) in [6.45, 7) is 1.38. The highest BCUT2D eigenvalue weighted by atomic mass is 16.5. The number of hydrogen-bond acceptors (Lipinski definition) is 4. The first-order valence-electron chi connectivity index (χ1n) is 4.99. The van der Waals surface area contributed by atoms with Crippen molar-refractivity contribution in [3.05, 3.63) is 24.0 Å². The van der Waals surface area contributed by atoms with E-state index in [9.17, 15) is 0 Å². The zero-order chi connectivity index (χ0) is 10.5. The highest BCUT2D eigenvalue weighted by Crippen LogP contribution is 2.15. The second-order valence-electron chi connectivity index (χ2n) is 3.43. The van der Waals surface area contributed by atoms with Crippen molar-refractivity contribution < 1.29 is 9.47 Å². The summed E-state index contributed by atoms with van der Waals surface area (Å²) in [4.78, 5) is 3.87. The smallest absolute Gasteiger partial charge is 0.144 e. The van der Waals surface area contributed by atoms with Crippen molar-refractivity contribution in [1.82, 2.24) is 4.98 Å². The lowest BCUT2D eigenvalue weighted by molar-refractivity contribution is 0.0679. The third kappa shape index (κ3) is 2.67. The van der Waals surface area contributed by atoms with Gasteiger partial charge < -0.3 is 9.47 Å². The van der Waals surface area contributed by atoms with Crippen LogP contribution in [0, 0.1) is 11.3 Å². The number of hydrogen-bond donors (Lipinski definition) is 0. The van der Waals surface area contributed by atoms with Gasteiger partial charge in [0.1, 0.15) is 24.1 Å². The van der Waals surface area contributed by atoms with E-state index in [0.717, 1.165) is 19.4 Å². The first-order chi connectivity index (χ1) is 7.38. The topological polar surface area (TPSA) is 55.1 Å². The maximum absolute atomic E-state index is 8.65. The number of pyridine rings is 1. The van der Waals surface area contributed by atoms with Crippen LogP contribution in [0.25, 0.3) is 0 Å². The Bertz CT molecular complexity index is 367. The Kier molecular flexibility index (Phi) is 3.15. The molecular weight excluding hydrogens is 192 g/mol. The van der Waals surface area contributed by atoms with Crippen LogP contribution >= 0.6 is 0 Å². The summed E-state index contributed by atoms with van der Waals surface area (Å²) in [7, 11) is 0. The quantitative estimate of drug-likeness (QED) is 0.748. The highest BCUT2D eigenvalue weighted by molar-refractivity contribution is 5.29. The van der Waals surface area contributed by atoms with Crippen molar-refractivity contribution in [2.75, 3.05) is 13.2 Å². The van der Waals surface area contributed by atoms with E-state index in [2.05, 4.69) is 4.98 Å². The van der Waals surface area contributed by atoms with Gasteiger partial charge in [-0.3, -0.25) is 0 Å². The maximum Gasteiger partial charge on any atom is 0.144 e. The fourth-order valence-corrected chi connectivity index (χ4v) is 1.53. The summed E-state index contributed by atoms with van der Waals surface area (Å²) in [6.07, 6.45) is 3.93. The Morgan fingerprint density at radius 2 is 2.60 bits per heavy atom. The number of rotatable bonds is 3. The summed E-state index contributed by atoms with van der Waals surface area (Å²) < 4.78 is 10.9. The molecule has 0 amide bonds. The standard InChI is InChI=1S/C11H12N2O2/c12-7-9-6-10(3-4-13-9)15-8-11-2-1-5-14-11/h3-4,6,11H,1-2,5,8H2. The monoisotopic (exact) mass is 204 g/mol. The van der Waals surface area contributed by atoms with Crippen molar-refractivity contribution in [1.29, 1.82) is 5.26 Å². The van der Waals surface area contributed by atoms with E-state index in [4.69, 9.17) is 14.7 Å². The van der Waals surface area contributed by atoms with Crippen LogP contribution in [-0.2, 0) is 4.74 Å². The van der Waals surface area contributed by atoms with Crippen LogP contribution in [0.5, 0.6) is 5.75 Å². The van der Waals surface area contributed by atoms with Crippen LogP contribution in [0.15, 0.2) is 18.3 Å². The van der Waals surface area contributed by atoms with Gasteiger partial charge in [0.25, 0.3) is 0 Å². The second-order valence-corrected chi connectivity index (χ2v) is 3.43. The van der Waals surface area contributed by atoms with E-state index in [1.807, 2.05) is 6.07 Å². The van der Waals surface area contributed by atoms with E-state index < -0.39 is 0 Å². The Balaban J connectivity index is 1.90. The Hall–Kier alpha value is -1.60. The van der Waals surface area contributed by atoms with Gasteiger partial charge in [0.2, 0.25) is 0 Å². The van der Waals surface area contributed by atoms with Gasteiger partial charge in [0.05, 0.1) is 6.10 Å². The number of nitrogens with zero attached hydrogens (tertiary/aromatic N) is 2. The van der Waals surface area contributed by atoms with Crippen molar-refractivity contribution in [2.45, 2.75) is 18.9 Å². The molecule has 4 heteroatoms. The van der Waals surface area contributed by atoms with Crippen LogP contribution in [0.4, 0.5) is 0 Å². The van der Waals surface area contributed by atoms with E-state index >= 15 is 0 Å². The minimum atomic E-state index is 0.198. The molecule has 0 N–H and O–H groups in total. The summed E-state index contributed by atoms with van der Waals surface area (Å²) in [5, 5.41) is 8.65. The molecule has 4 nitrogen and oxygen atoms in total. The molecule has 1 aromatic rings. The average molecular weight is 204 g/mol. The minimum absolute atomic E-state index is 0.198. The molecule has 1 fully saturated rings. The summed E-state index contributed by atoms with van der Waals surface area (Å²) in [6, 6.07) is 5.35. The van der Waals surface area contributed by atoms with Crippen LogP contribution in [0.3, 0.4) is 0 Å². The van der Waals surface area contributed by atoms with Crippen molar-refractivity contribution in [2.24, 2.45) is 0 Å². The number of aromatic nitrogens is 1. The first kappa shape index (κ1) is 9.94. The lowest BCUT2D eigenvalue weighted by atomic mass is 10.2. The van der Waals surface area contributed by atoms with Gasteiger partial charge in [0, 0.05) is 18.9 Å². The van der Waals surface area contributed by atoms with E-state index in [1.165, 1.54) is 0 Å². The molecule has 1 atom stereocenters. The summed E-state index contributed by atoms with van der Waals surface area (Å²) >= 11 is 0. The van der Waals surface area contributed by atoms with Gasteiger partial charge in [0.15, 0.2) is 0 Å². The van der Waals surface area contributed by atoms with E-state index in [-0.39, 0.29) is 6.10 Å². The molecule has 1 aliphatic heterocycles. The molecule has 0 radical (unpaired) electrons. The molecule has 1 saturated heterocycles. The van der Waals surface area contributed by atoms with Gasteiger partial charge in [-0.25, -0.2) is 4.98 Å². The Labute approximate surface area is 88.5 Å². The summed E-state index contributed by atoms with van der Waals surface area (Å²) in [5.41, 5.74) is 0.375. The zero-order valence-corrected chi connectivity index (χ0v) is 8.35. The van der Waals surface area contributed by atoms with Gasteiger partial charge >= 0.3 is 0 Å². The average Bonchev–Trinajstić information content (AvgIpc) is 2.79. The van der Waals surface area contributed by atoms with Crippen LogP contribution < -0.4 is 4.74 Å².